The Bertz CT molecular complexity index is 4110. The third-order valence-corrected chi connectivity index (χ3v) is 27.0. The molecule has 0 aromatic carbocycles. The van der Waals surface area contributed by atoms with Crippen LogP contribution in [-0.2, 0) is 133 Å². The minimum Gasteiger partial charge on any atom is -0.394 e. The van der Waals surface area contributed by atoms with E-state index >= 15 is 0 Å². The second-order valence-corrected chi connectivity index (χ2v) is 37.3. The molecule has 12 rings (SSSR count). The summed E-state index contributed by atoms with van der Waals surface area (Å²) in [5.41, 5.74) is 0. The van der Waals surface area contributed by atoms with Gasteiger partial charge in [0.1, 0.15) is 287 Å². The summed E-state index contributed by atoms with van der Waals surface area (Å²) < 4.78 is 137. The van der Waals surface area contributed by atoms with E-state index in [-0.39, 0.29) is 0 Å². The number of hydrogen-bond acceptors (Lipinski definition) is 60. The summed E-state index contributed by atoms with van der Waals surface area (Å²) >= 11 is 0. The van der Waals surface area contributed by atoms with Crippen LogP contribution in [0.15, 0.2) is 0 Å². The van der Waals surface area contributed by atoms with Gasteiger partial charge < -0.3 is 299 Å². The molecule has 0 aromatic rings. The first kappa shape index (κ1) is 121. The van der Waals surface area contributed by atoms with Crippen LogP contribution >= 0.6 is 0 Å². The van der Waals surface area contributed by atoms with Gasteiger partial charge in [0.2, 0.25) is 29.5 Å². The highest BCUT2D eigenvalue weighted by molar-refractivity contribution is 5.75. The lowest BCUT2D eigenvalue weighted by Gasteiger charge is -2.51. The number of aliphatic hydroxyl groups excluding tert-OH is 32. The van der Waals surface area contributed by atoms with E-state index in [0.717, 1.165) is 34.6 Å². The van der Waals surface area contributed by atoms with E-state index in [1.165, 1.54) is 6.92 Å². The van der Waals surface area contributed by atoms with E-state index in [9.17, 15) is 187 Å². The molecular formula is C82H137N5O60. The molecule has 65 heteroatoms. The molecular weight excluding hydrogens is 2010 g/mol. The molecule has 1 unspecified atom stereocenters. The minimum absolute atomic E-state index is 0.871. The van der Waals surface area contributed by atoms with Gasteiger partial charge in [-0.1, -0.05) is 0 Å². The fraction of sp³-hybridized carbons (Fsp3) is 0.939. The Hall–Kier alpha value is -4.85. The van der Waals surface area contributed by atoms with Crippen molar-refractivity contribution in [3.63, 3.8) is 0 Å². The van der Waals surface area contributed by atoms with Crippen molar-refractivity contribution in [3.8, 4) is 0 Å². The van der Waals surface area contributed by atoms with Gasteiger partial charge in [-0.25, -0.2) is 0 Å². The number of hydrogen-bond donors (Lipinski definition) is 37. The van der Waals surface area contributed by atoms with Gasteiger partial charge in [-0.3, -0.25) is 24.0 Å². The van der Waals surface area contributed by atoms with Crippen LogP contribution in [-0.4, -0.2) is 634 Å². The maximum atomic E-state index is 13.4. The Balaban J connectivity index is 0.843. The molecule has 5 amide bonds. The Labute approximate surface area is 832 Å². The van der Waals surface area contributed by atoms with Crippen molar-refractivity contribution in [1.82, 2.24) is 26.6 Å². The van der Waals surface area contributed by atoms with Crippen molar-refractivity contribution >= 4 is 29.5 Å². The van der Waals surface area contributed by atoms with E-state index in [1.807, 2.05) is 0 Å². The lowest BCUT2D eigenvalue weighted by Crippen LogP contribution is -2.71. The van der Waals surface area contributed by atoms with Crippen LogP contribution in [0.4, 0.5) is 0 Å². The number of ether oxygens (including phenoxy) is 23. The van der Waals surface area contributed by atoms with Crippen molar-refractivity contribution in [2.45, 2.75) is 410 Å². The largest absolute Gasteiger partial charge is 0.394 e. The molecule has 0 bridgehead atoms. The second-order valence-electron chi connectivity index (χ2n) is 37.3. The molecule has 12 aliphatic rings. The lowest BCUT2D eigenvalue weighted by molar-refractivity contribution is -0.399. The van der Waals surface area contributed by atoms with E-state index in [1.54, 1.807) is 0 Å². The van der Waals surface area contributed by atoms with Gasteiger partial charge in [0.05, 0.1) is 78.8 Å². The highest BCUT2D eigenvalue weighted by atomic mass is 16.8. The molecule has 60 atom stereocenters. The van der Waals surface area contributed by atoms with Crippen molar-refractivity contribution < 1.29 is 296 Å². The van der Waals surface area contributed by atoms with E-state index in [4.69, 9.17) is 109 Å². The number of nitrogens with one attached hydrogen (secondary N) is 5. The molecule has 65 nitrogen and oxygen atoms in total. The smallest absolute Gasteiger partial charge is 0.217 e. The maximum Gasteiger partial charge on any atom is 0.217 e. The van der Waals surface area contributed by atoms with Gasteiger partial charge in [0.25, 0.3) is 0 Å². The zero-order chi connectivity index (χ0) is 108. The molecule has 12 saturated heterocycles. The fourth-order valence-electron chi connectivity index (χ4n) is 19.2. The highest BCUT2D eigenvalue weighted by Gasteiger charge is 2.64. The van der Waals surface area contributed by atoms with Crippen molar-refractivity contribution in [2.75, 3.05) is 72.7 Å². The molecule has 12 fully saturated rings. The van der Waals surface area contributed by atoms with Gasteiger partial charge in [0.15, 0.2) is 75.5 Å². The standard InChI is InChI=1S/C82H137N5O60/c1-18-40(102)52(114)57(119)76(127-18)125-17-34-66(47(109)35(71(124)128-34)83-19(2)97)139-72-36(84-20(3)98)48(110)65(31(14-95)134-72)143-80-61(123)68(145-82-70(56(118)44(106)27(10-91)133-82)147-75-39(87-23(6)101)50(112)63(30(13-94)137-75)141-78-59(121)54(116)42(104)25(8-89)130-78)46(108)33(138-80)16-126-81-69(55(117)43(105)26(9-90)132-81)146-74-38(86-22(5)100)51(113)64(32(15-96)136-74)142-79-60(122)67(45(107)28(11-92)131-79)144-73-37(85-21(4)99)49(111)62(29(12-93)135-73)140-77-58(120)53(115)41(103)24(7-88)129-77/h18,24-82,88-96,102-124H,7-17H2,1-6H3,(H,83,97)(H,84,98)(H,85,99)(H,86,100)(H,87,101)/t18-,24+,25+,26+,27+,28+,29+,30+,31+,32+,33+,34+,35+,36+,37+,38+,39-,40+,41-,42-,43+,44+,45-,46+,47+,48+,49+,50+,51+,52+,53-,54-,55-,56-,57-,58+,59+,60+,61-,62+,63+,64+,65+,66+,67-,68-,69-,70-,71?,72-,73-,74-,75-,76+,77-,78-,79-,80-,81-,82+/m0/s1. The van der Waals surface area contributed by atoms with Crippen molar-refractivity contribution in [1.29, 1.82) is 0 Å². The number of rotatable bonds is 38. The summed E-state index contributed by atoms with van der Waals surface area (Å²) in [6.07, 6.45) is -117. The number of carbonyl (C=O) groups is 5. The average molecular weight is 2150 g/mol. The Morgan fingerprint density at radius 2 is 0.415 bits per heavy atom. The molecule has 0 spiro atoms. The summed E-state index contributed by atoms with van der Waals surface area (Å²) in [7, 11) is 0. The van der Waals surface area contributed by atoms with Crippen LogP contribution in [0.3, 0.4) is 0 Å². The molecule has 147 heavy (non-hydrogen) atoms. The molecule has 0 radical (unpaired) electrons. The van der Waals surface area contributed by atoms with Crippen LogP contribution in [0.1, 0.15) is 41.5 Å². The molecule has 12 heterocycles. The van der Waals surface area contributed by atoms with Gasteiger partial charge in [-0.2, -0.15) is 0 Å². The van der Waals surface area contributed by atoms with Crippen LogP contribution < -0.4 is 26.6 Å². The van der Waals surface area contributed by atoms with E-state index in [2.05, 4.69) is 26.6 Å². The normalized spacial score (nSPS) is 49.6. The van der Waals surface area contributed by atoms with E-state index in [0.29, 0.717) is 0 Å². The summed E-state index contributed by atoms with van der Waals surface area (Å²) in [4.78, 5) is 65.2. The number of aliphatic hydroxyl groups is 32. The molecule has 37 N–H and O–H groups in total. The lowest BCUT2D eigenvalue weighted by atomic mass is 9.93. The van der Waals surface area contributed by atoms with Crippen LogP contribution in [0.2, 0.25) is 0 Å². The monoisotopic (exact) mass is 2150 g/mol. The summed E-state index contributed by atoms with van der Waals surface area (Å²) in [6, 6.07) is -9.88. The average Bonchev–Trinajstić information content (AvgIpc) is 0.765. The summed E-state index contributed by atoms with van der Waals surface area (Å²) in [6.45, 7) is -6.78. The number of carbonyl (C=O) groups excluding carboxylic acids is 5. The van der Waals surface area contributed by atoms with Crippen LogP contribution in [0, 0.1) is 0 Å². The van der Waals surface area contributed by atoms with Gasteiger partial charge in [0, 0.05) is 34.6 Å². The van der Waals surface area contributed by atoms with Crippen LogP contribution in [0.25, 0.3) is 0 Å². The third-order valence-electron chi connectivity index (χ3n) is 27.0. The van der Waals surface area contributed by atoms with Gasteiger partial charge in [-0.15, -0.1) is 0 Å². The maximum absolute atomic E-state index is 13.4. The first-order chi connectivity index (χ1) is 69.5. The molecule has 0 aromatic heterocycles. The Kier molecular flexibility index (Phi) is 43.4. The highest BCUT2D eigenvalue weighted by Crippen LogP contribution is 2.43. The zero-order valence-electron chi connectivity index (χ0n) is 79.2. The Morgan fingerprint density at radius 3 is 0.762 bits per heavy atom. The molecule has 0 aliphatic carbocycles. The van der Waals surface area contributed by atoms with Crippen LogP contribution in [0.5, 0.6) is 0 Å². The van der Waals surface area contributed by atoms with E-state index < -0.39 is 470 Å². The predicted molar refractivity (Wildman–Crippen MR) is 452 cm³/mol. The van der Waals surface area contributed by atoms with Gasteiger partial charge >= 0.3 is 0 Å². The summed E-state index contributed by atoms with van der Waals surface area (Å²) in [5.74, 6) is -4.88. The summed E-state index contributed by atoms with van der Waals surface area (Å²) in [5, 5.41) is 373. The zero-order valence-corrected chi connectivity index (χ0v) is 79.2. The van der Waals surface area contributed by atoms with Crippen molar-refractivity contribution in [2.24, 2.45) is 0 Å². The first-order valence-electron chi connectivity index (χ1n) is 47.0. The Morgan fingerprint density at radius 1 is 0.190 bits per heavy atom. The fourth-order valence-corrected chi connectivity index (χ4v) is 19.2. The molecule has 0 saturated carbocycles. The molecule has 12 aliphatic heterocycles. The quantitative estimate of drug-likeness (QED) is 0.0273. The third kappa shape index (κ3) is 26.8. The SMILES string of the molecule is CC(=O)N[C@@H]1[C@H](O[C@@H]2[C@@H](O[C@@H]3[C@H](O)[C@H](O[C@H]4[C@H](O)[C@@H](NC(C)=O)[C@H](O[C@H]5[C@H](O)[C@@H](NC(C)=O)C(O)O[C@@H]5CO[C@@H]5O[C@@H](C)[C@@H](O)[C@@H](O)[C@@H]5O)O[C@@H]4CO)O[C@H](CO[C@H]4O[C@H](CO)[C@@H](O)[C@H](O)[C@@H]4O[C@@H]4O[C@H](CO)[C@@H](O[C@@H]5O[C@H](CO)[C@H](O)[C@H](O[C@@H]6O[C@H](CO)[C@@H](O[C@@H]7O[C@H](CO)[C@H](O)[C@H](O)[C@H]7O)[C@H](O)[C@H]6NC(C)=O)[C@H]5O)[C@H](O)[C@H]4NC(C)=O)[C@H]3O)O[C@H](CO)[C@@H](O)[C@@H]2O)O[C@H](CO)[C@@H](O[C@@H]2O[C@H](CO)[C@H](O)[C@H](O)[C@H]2O)[C@@H]1O. The number of amides is 5. The topological polar surface area (TPSA) is 1010 Å². The van der Waals surface area contributed by atoms with Crippen molar-refractivity contribution in [3.05, 3.63) is 0 Å². The molecule has 850 valence electrons. The van der Waals surface area contributed by atoms with Gasteiger partial charge in [-0.05, 0) is 6.92 Å². The first-order valence-corrected chi connectivity index (χ1v) is 47.0. The second kappa shape index (κ2) is 52.8. The minimum atomic E-state index is -2.69. The predicted octanol–water partition coefficient (Wildman–Crippen LogP) is -25.4.